The highest BCUT2D eigenvalue weighted by Gasteiger charge is 2.33. The van der Waals surface area contributed by atoms with E-state index in [0.29, 0.717) is 6.21 Å². The largest absolute Gasteiger partial charge is 0.479 e. The van der Waals surface area contributed by atoms with Gasteiger partial charge >= 0.3 is 5.97 Å². The van der Waals surface area contributed by atoms with Crippen LogP contribution in [0.15, 0.2) is 29.6 Å². The Morgan fingerprint density at radius 1 is 1.14 bits per heavy atom. The lowest BCUT2D eigenvalue weighted by Crippen LogP contribution is -2.48. The minimum Gasteiger partial charge on any atom is -0.479 e. The first kappa shape index (κ1) is 17.7. The predicted octanol–water partition coefficient (Wildman–Crippen LogP) is -2.67. The maximum atomic E-state index is 11.6. The first-order chi connectivity index (χ1) is 10.3. The first-order valence-electron chi connectivity index (χ1n) is 6.03. The van der Waals surface area contributed by atoms with Crippen molar-refractivity contribution in [3.05, 3.63) is 30.1 Å². The second-order valence-electron chi connectivity index (χ2n) is 4.21. The molecular formula is C12H15N3O7. The van der Waals surface area contributed by atoms with Gasteiger partial charge in [0.25, 0.3) is 5.91 Å². The Labute approximate surface area is 124 Å². The molecule has 1 aromatic heterocycles. The minimum atomic E-state index is -2.27. The van der Waals surface area contributed by atoms with Crippen LogP contribution < -0.4 is 5.43 Å². The molecule has 1 rings (SSSR count). The Morgan fingerprint density at radius 3 is 2.27 bits per heavy atom. The smallest absolute Gasteiger partial charge is 0.335 e. The molecule has 10 heteroatoms. The van der Waals surface area contributed by atoms with Crippen LogP contribution in [-0.4, -0.2) is 73.0 Å². The van der Waals surface area contributed by atoms with Gasteiger partial charge in [0.1, 0.15) is 18.3 Å². The van der Waals surface area contributed by atoms with Crippen molar-refractivity contribution in [1.29, 1.82) is 0 Å². The SMILES string of the molecule is O=C(NN=C[C@H](O)[C@H](O)[C@@H](O)[C@H](O)C(=O)O)c1ccncc1. The summed E-state index contributed by atoms with van der Waals surface area (Å²) in [5.41, 5.74) is 2.30. The standard InChI is InChI=1S/C12H15N3O7/c16-7(8(17)9(18)10(19)12(21)22)5-14-15-11(20)6-1-3-13-4-2-6/h1-5,7-10,16-19H,(H,15,20)(H,21,22)/t7-,8-,9+,10-/m0/s1. The Morgan fingerprint density at radius 2 is 1.73 bits per heavy atom. The molecule has 0 aliphatic rings. The van der Waals surface area contributed by atoms with E-state index in [1.807, 2.05) is 5.43 Å². The molecular weight excluding hydrogens is 298 g/mol. The maximum absolute atomic E-state index is 11.6. The summed E-state index contributed by atoms with van der Waals surface area (Å²) in [6, 6.07) is 2.84. The number of hydrogen-bond acceptors (Lipinski definition) is 8. The Kier molecular flexibility index (Phi) is 6.53. The number of nitrogens with one attached hydrogen (secondary N) is 1. The van der Waals surface area contributed by atoms with Gasteiger partial charge < -0.3 is 25.5 Å². The summed E-state index contributed by atoms with van der Waals surface area (Å²) in [7, 11) is 0. The van der Waals surface area contributed by atoms with E-state index in [2.05, 4.69) is 10.1 Å². The highest BCUT2D eigenvalue weighted by atomic mass is 16.4. The fourth-order valence-electron chi connectivity index (χ4n) is 1.36. The van der Waals surface area contributed by atoms with E-state index >= 15 is 0 Å². The second kappa shape index (κ2) is 8.14. The summed E-state index contributed by atoms with van der Waals surface area (Å²) in [5.74, 6) is -2.37. The van der Waals surface area contributed by atoms with Crippen LogP contribution in [0, 0.1) is 0 Å². The number of carbonyl (C=O) groups is 2. The van der Waals surface area contributed by atoms with E-state index in [4.69, 9.17) is 10.2 Å². The average molecular weight is 313 g/mol. The number of pyridine rings is 1. The zero-order chi connectivity index (χ0) is 16.7. The lowest BCUT2D eigenvalue weighted by atomic mass is 10.0. The van der Waals surface area contributed by atoms with Crippen molar-refractivity contribution in [2.24, 2.45) is 5.10 Å². The average Bonchev–Trinajstić information content (AvgIpc) is 2.53. The molecule has 0 aromatic carbocycles. The Balaban J connectivity index is 2.55. The minimum absolute atomic E-state index is 0.253. The van der Waals surface area contributed by atoms with Gasteiger partial charge in [-0.05, 0) is 12.1 Å². The van der Waals surface area contributed by atoms with Gasteiger partial charge in [0, 0.05) is 18.0 Å². The van der Waals surface area contributed by atoms with Crippen LogP contribution in [0.1, 0.15) is 10.4 Å². The van der Waals surface area contributed by atoms with Crippen LogP contribution >= 0.6 is 0 Å². The summed E-state index contributed by atoms with van der Waals surface area (Å²) in [5, 5.41) is 49.1. The molecule has 0 bridgehead atoms. The summed E-state index contributed by atoms with van der Waals surface area (Å²) >= 11 is 0. The summed E-state index contributed by atoms with van der Waals surface area (Å²) in [6.45, 7) is 0. The number of aromatic nitrogens is 1. The number of aliphatic hydroxyl groups is 4. The number of rotatable bonds is 7. The van der Waals surface area contributed by atoms with Gasteiger partial charge in [-0.1, -0.05) is 0 Å². The first-order valence-corrected chi connectivity index (χ1v) is 6.03. The quantitative estimate of drug-likeness (QED) is 0.233. The molecule has 0 aliphatic carbocycles. The summed E-state index contributed by atoms with van der Waals surface area (Å²) in [4.78, 5) is 25.7. The maximum Gasteiger partial charge on any atom is 0.335 e. The molecule has 1 aromatic rings. The Hall–Kier alpha value is -2.40. The van der Waals surface area contributed by atoms with Crippen molar-refractivity contribution in [3.8, 4) is 0 Å². The number of amides is 1. The predicted molar refractivity (Wildman–Crippen MR) is 71.9 cm³/mol. The zero-order valence-corrected chi connectivity index (χ0v) is 11.1. The van der Waals surface area contributed by atoms with E-state index in [1.165, 1.54) is 24.5 Å². The van der Waals surface area contributed by atoms with Crippen molar-refractivity contribution >= 4 is 18.1 Å². The highest BCUT2D eigenvalue weighted by molar-refractivity contribution is 5.94. The highest BCUT2D eigenvalue weighted by Crippen LogP contribution is 2.04. The fraction of sp³-hybridized carbons (Fsp3) is 0.333. The Bertz CT molecular complexity index is 537. The molecule has 0 aliphatic heterocycles. The number of hydrazone groups is 1. The number of carbonyl (C=O) groups excluding carboxylic acids is 1. The molecule has 120 valence electrons. The third-order valence-electron chi connectivity index (χ3n) is 2.61. The number of carboxylic acids is 1. The van der Waals surface area contributed by atoms with Crippen LogP contribution in [0.4, 0.5) is 0 Å². The van der Waals surface area contributed by atoms with Gasteiger partial charge in [0.15, 0.2) is 6.10 Å². The van der Waals surface area contributed by atoms with Gasteiger partial charge in [-0.3, -0.25) is 9.78 Å². The molecule has 0 saturated heterocycles. The van der Waals surface area contributed by atoms with Crippen molar-refractivity contribution in [3.63, 3.8) is 0 Å². The second-order valence-corrected chi connectivity index (χ2v) is 4.21. The lowest BCUT2D eigenvalue weighted by molar-refractivity contribution is -0.160. The van der Waals surface area contributed by atoms with E-state index in [9.17, 15) is 24.9 Å². The molecule has 10 nitrogen and oxygen atoms in total. The molecule has 6 N–H and O–H groups in total. The molecule has 0 radical (unpaired) electrons. The molecule has 0 spiro atoms. The van der Waals surface area contributed by atoms with Gasteiger partial charge in [-0.25, -0.2) is 10.2 Å². The van der Waals surface area contributed by atoms with Crippen molar-refractivity contribution in [1.82, 2.24) is 10.4 Å². The van der Waals surface area contributed by atoms with Gasteiger partial charge in [-0.15, -0.1) is 0 Å². The summed E-state index contributed by atoms with van der Waals surface area (Å²) in [6.07, 6.45) is -4.75. The molecule has 1 heterocycles. The number of aliphatic carboxylic acids is 1. The molecule has 22 heavy (non-hydrogen) atoms. The lowest BCUT2D eigenvalue weighted by Gasteiger charge is -2.22. The molecule has 0 saturated carbocycles. The van der Waals surface area contributed by atoms with Crippen LogP contribution in [0.3, 0.4) is 0 Å². The van der Waals surface area contributed by atoms with Crippen molar-refractivity contribution in [2.45, 2.75) is 24.4 Å². The van der Waals surface area contributed by atoms with Crippen LogP contribution in [-0.2, 0) is 4.79 Å². The monoisotopic (exact) mass is 313 g/mol. The van der Waals surface area contributed by atoms with Gasteiger partial charge in [0.2, 0.25) is 0 Å². The number of nitrogens with zero attached hydrogens (tertiary/aromatic N) is 2. The molecule has 1 amide bonds. The van der Waals surface area contributed by atoms with Gasteiger partial charge in [0.05, 0.1) is 6.21 Å². The van der Waals surface area contributed by atoms with Gasteiger partial charge in [-0.2, -0.15) is 5.10 Å². The molecule has 4 atom stereocenters. The van der Waals surface area contributed by atoms with Crippen LogP contribution in [0.2, 0.25) is 0 Å². The van der Waals surface area contributed by atoms with Crippen molar-refractivity contribution < 1.29 is 35.1 Å². The van der Waals surface area contributed by atoms with Crippen LogP contribution in [0.25, 0.3) is 0 Å². The third-order valence-corrected chi connectivity index (χ3v) is 2.61. The number of carboxylic acid groups (broad SMARTS) is 1. The van der Waals surface area contributed by atoms with E-state index in [-0.39, 0.29) is 5.56 Å². The third kappa shape index (κ3) is 4.86. The topological polar surface area (TPSA) is 173 Å². The number of hydrogen-bond donors (Lipinski definition) is 6. The molecule has 0 fully saturated rings. The summed E-state index contributed by atoms with van der Waals surface area (Å²) < 4.78 is 0. The van der Waals surface area contributed by atoms with Crippen molar-refractivity contribution in [2.75, 3.05) is 0 Å². The van der Waals surface area contributed by atoms with E-state index in [1.54, 1.807) is 0 Å². The zero-order valence-electron chi connectivity index (χ0n) is 11.1. The van der Waals surface area contributed by atoms with Crippen LogP contribution in [0.5, 0.6) is 0 Å². The molecule has 0 unspecified atom stereocenters. The normalized spacial score (nSPS) is 16.7. The van der Waals surface area contributed by atoms with E-state index < -0.39 is 36.3 Å². The van der Waals surface area contributed by atoms with E-state index in [0.717, 1.165) is 0 Å². The fourth-order valence-corrected chi connectivity index (χ4v) is 1.36. The number of aliphatic hydroxyl groups excluding tert-OH is 4.